The number of hydrogen-bond donors (Lipinski definition) is 1. The van der Waals surface area contributed by atoms with Crippen molar-refractivity contribution < 1.29 is 19.4 Å². The van der Waals surface area contributed by atoms with E-state index in [1.807, 2.05) is 0 Å². The third-order valence-corrected chi connectivity index (χ3v) is 8.67. The maximum absolute atomic E-state index is 12.1. The van der Waals surface area contributed by atoms with Crippen molar-refractivity contribution in [3.05, 3.63) is 48.6 Å². The van der Waals surface area contributed by atoms with E-state index < -0.39 is 6.10 Å². The molecule has 1 N–H and O–H groups in total. The normalized spacial score (nSPS) is 12.8. The average molecular weight is 659 g/mol. The van der Waals surface area contributed by atoms with Gasteiger partial charge in [-0.3, -0.25) is 4.79 Å². The third-order valence-electron chi connectivity index (χ3n) is 8.67. The van der Waals surface area contributed by atoms with Crippen LogP contribution in [-0.4, -0.2) is 37.0 Å². The molecule has 4 heteroatoms. The molecule has 274 valence electrons. The molecule has 0 aromatic carbocycles. The van der Waals surface area contributed by atoms with Gasteiger partial charge >= 0.3 is 5.97 Å². The van der Waals surface area contributed by atoms with Gasteiger partial charge in [-0.25, -0.2) is 0 Å². The Morgan fingerprint density at radius 1 is 0.532 bits per heavy atom. The van der Waals surface area contributed by atoms with Crippen molar-refractivity contribution in [1.82, 2.24) is 0 Å². The molecule has 1 unspecified atom stereocenters. The molecule has 47 heavy (non-hydrogen) atoms. The number of ether oxygens (including phenoxy) is 2. The first-order valence-electron chi connectivity index (χ1n) is 20.2. The van der Waals surface area contributed by atoms with Gasteiger partial charge in [0.05, 0.1) is 13.2 Å². The molecule has 0 aliphatic carbocycles. The van der Waals surface area contributed by atoms with Gasteiger partial charge in [-0.1, -0.05) is 184 Å². The number of esters is 1. The second kappa shape index (κ2) is 40.5. The molecule has 0 spiro atoms. The molecule has 0 bridgehead atoms. The molecule has 0 aliphatic rings. The zero-order valence-electron chi connectivity index (χ0n) is 31.3. The van der Waals surface area contributed by atoms with Gasteiger partial charge in [0, 0.05) is 13.0 Å². The Morgan fingerprint density at radius 3 is 1.40 bits per heavy atom. The third kappa shape index (κ3) is 38.7. The SMILES string of the molecule is CC/C=C\C/C=C\C/C=C\C/C=C\CCCCC(=O)OC(CO)COCCCCCCCCCCCCCCCCCCCCCC. The molecule has 0 aliphatic heterocycles. The summed E-state index contributed by atoms with van der Waals surface area (Å²) in [6.07, 6.45) is 51.7. The highest BCUT2D eigenvalue weighted by atomic mass is 16.6. The largest absolute Gasteiger partial charge is 0.457 e. The monoisotopic (exact) mass is 659 g/mol. The van der Waals surface area contributed by atoms with E-state index in [0.717, 1.165) is 51.4 Å². The van der Waals surface area contributed by atoms with E-state index in [9.17, 15) is 9.90 Å². The maximum Gasteiger partial charge on any atom is 0.306 e. The summed E-state index contributed by atoms with van der Waals surface area (Å²) in [5.74, 6) is -0.239. The molecule has 0 fully saturated rings. The highest BCUT2D eigenvalue weighted by Gasteiger charge is 2.13. The lowest BCUT2D eigenvalue weighted by molar-refractivity contribution is -0.154. The van der Waals surface area contributed by atoms with Crippen LogP contribution in [0.5, 0.6) is 0 Å². The molecule has 0 amide bonds. The van der Waals surface area contributed by atoms with Crippen LogP contribution >= 0.6 is 0 Å². The minimum Gasteiger partial charge on any atom is -0.457 e. The van der Waals surface area contributed by atoms with Crippen molar-refractivity contribution in [3.8, 4) is 0 Å². The first-order chi connectivity index (χ1) is 23.2. The van der Waals surface area contributed by atoms with Crippen LogP contribution < -0.4 is 0 Å². The van der Waals surface area contributed by atoms with Crippen molar-refractivity contribution in [1.29, 1.82) is 0 Å². The van der Waals surface area contributed by atoms with Gasteiger partial charge in [0.15, 0.2) is 0 Å². The first kappa shape index (κ1) is 45.3. The minimum absolute atomic E-state index is 0.188. The minimum atomic E-state index is -0.554. The van der Waals surface area contributed by atoms with Crippen molar-refractivity contribution in [2.75, 3.05) is 19.8 Å². The molecule has 4 nitrogen and oxygen atoms in total. The summed E-state index contributed by atoms with van der Waals surface area (Å²) < 4.78 is 11.1. The summed E-state index contributed by atoms with van der Waals surface area (Å²) in [6, 6.07) is 0. The second-order valence-electron chi connectivity index (χ2n) is 13.3. The van der Waals surface area contributed by atoms with Crippen molar-refractivity contribution in [2.45, 2.75) is 200 Å². The van der Waals surface area contributed by atoms with Crippen LogP contribution in [-0.2, 0) is 14.3 Å². The summed E-state index contributed by atoms with van der Waals surface area (Å²) in [5, 5.41) is 9.57. The quantitative estimate of drug-likeness (QED) is 0.0410. The van der Waals surface area contributed by atoms with Crippen molar-refractivity contribution in [2.24, 2.45) is 0 Å². The number of rotatable bonds is 37. The highest BCUT2D eigenvalue weighted by Crippen LogP contribution is 2.15. The summed E-state index contributed by atoms with van der Waals surface area (Å²) in [4.78, 5) is 12.1. The van der Waals surface area contributed by atoms with Crippen molar-refractivity contribution >= 4 is 5.97 Å². The van der Waals surface area contributed by atoms with Gasteiger partial charge in [-0.05, 0) is 51.4 Å². The molecule has 0 heterocycles. The summed E-state index contributed by atoms with van der Waals surface area (Å²) in [6.45, 7) is 5.20. The zero-order chi connectivity index (χ0) is 34.1. The average Bonchev–Trinajstić information content (AvgIpc) is 3.08. The van der Waals surface area contributed by atoms with Crippen LogP contribution in [0.15, 0.2) is 48.6 Å². The number of unbranched alkanes of at least 4 members (excludes halogenated alkanes) is 21. The van der Waals surface area contributed by atoms with Crippen LogP contribution in [0.3, 0.4) is 0 Å². The predicted molar refractivity (Wildman–Crippen MR) is 205 cm³/mol. The molecule has 0 aromatic heterocycles. The van der Waals surface area contributed by atoms with E-state index in [-0.39, 0.29) is 19.2 Å². The lowest BCUT2D eigenvalue weighted by atomic mass is 10.0. The maximum atomic E-state index is 12.1. The number of carbonyl (C=O) groups is 1. The van der Waals surface area contributed by atoms with Gasteiger partial charge < -0.3 is 14.6 Å². The fraction of sp³-hybridized carbons (Fsp3) is 0.791. The molecule has 0 saturated carbocycles. The summed E-state index contributed by atoms with van der Waals surface area (Å²) in [7, 11) is 0. The van der Waals surface area contributed by atoms with Gasteiger partial charge in [0.1, 0.15) is 6.10 Å². The number of carbonyl (C=O) groups excluding carboxylic acids is 1. The Balaban J connectivity index is 3.46. The smallest absolute Gasteiger partial charge is 0.306 e. The fourth-order valence-corrected chi connectivity index (χ4v) is 5.67. The number of allylic oxidation sites excluding steroid dienone is 8. The van der Waals surface area contributed by atoms with Crippen molar-refractivity contribution in [3.63, 3.8) is 0 Å². The molecular weight excluding hydrogens is 580 g/mol. The topological polar surface area (TPSA) is 55.8 Å². The Morgan fingerprint density at radius 2 is 0.957 bits per heavy atom. The van der Waals surface area contributed by atoms with E-state index in [2.05, 4.69) is 62.5 Å². The molecular formula is C43H78O4. The van der Waals surface area contributed by atoms with E-state index in [4.69, 9.17) is 9.47 Å². The van der Waals surface area contributed by atoms with Gasteiger partial charge in [-0.2, -0.15) is 0 Å². The number of hydrogen-bond acceptors (Lipinski definition) is 4. The standard InChI is InChI=1S/C43H78O4/c1-3-5-7-9-11-13-15-17-19-20-21-22-23-25-27-29-31-33-35-37-39-46-41-42(40-44)47-43(45)38-36-34-32-30-28-26-24-18-16-14-12-10-8-6-4-2/h6,8,12,14,18,24,28,30,42,44H,3-5,7,9-11,13,15-17,19-23,25-27,29,31-41H2,1-2H3/b8-6-,14-12-,24-18-,30-28-. The Labute approximate surface area is 292 Å². The van der Waals surface area contributed by atoms with E-state index in [1.54, 1.807) is 0 Å². The second-order valence-corrected chi connectivity index (χ2v) is 13.3. The molecule has 1 atom stereocenters. The lowest BCUT2D eigenvalue weighted by Crippen LogP contribution is -2.27. The summed E-state index contributed by atoms with van der Waals surface area (Å²) in [5.41, 5.74) is 0. The highest BCUT2D eigenvalue weighted by molar-refractivity contribution is 5.69. The molecule has 0 radical (unpaired) electrons. The molecule has 0 aromatic rings. The number of aliphatic hydroxyl groups excluding tert-OH is 1. The van der Waals surface area contributed by atoms with Crippen LogP contribution in [0.2, 0.25) is 0 Å². The van der Waals surface area contributed by atoms with Gasteiger partial charge in [-0.15, -0.1) is 0 Å². The molecule has 0 rings (SSSR count). The Hall–Kier alpha value is -1.65. The van der Waals surface area contributed by atoms with E-state index >= 15 is 0 Å². The van der Waals surface area contributed by atoms with Gasteiger partial charge in [0.2, 0.25) is 0 Å². The van der Waals surface area contributed by atoms with Crippen LogP contribution in [0.4, 0.5) is 0 Å². The zero-order valence-corrected chi connectivity index (χ0v) is 31.3. The fourth-order valence-electron chi connectivity index (χ4n) is 5.67. The summed E-state index contributed by atoms with van der Waals surface area (Å²) >= 11 is 0. The first-order valence-corrected chi connectivity index (χ1v) is 20.2. The Bertz CT molecular complexity index is 738. The van der Waals surface area contributed by atoms with E-state index in [0.29, 0.717) is 13.0 Å². The van der Waals surface area contributed by atoms with Gasteiger partial charge in [0.25, 0.3) is 0 Å². The number of aliphatic hydroxyl groups is 1. The van der Waals surface area contributed by atoms with Crippen LogP contribution in [0.25, 0.3) is 0 Å². The van der Waals surface area contributed by atoms with Crippen LogP contribution in [0, 0.1) is 0 Å². The molecule has 0 saturated heterocycles. The Kier molecular flexibility index (Phi) is 39.1. The lowest BCUT2D eigenvalue weighted by Gasteiger charge is -2.15. The van der Waals surface area contributed by atoms with Crippen LogP contribution in [0.1, 0.15) is 194 Å². The van der Waals surface area contributed by atoms with E-state index in [1.165, 1.54) is 122 Å². The predicted octanol–water partition coefficient (Wildman–Crippen LogP) is 13.1.